The topological polar surface area (TPSA) is 63.1 Å². The molecule has 0 saturated carbocycles. The van der Waals surface area contributed by atoms with Crippen LogP contribution in [0.1, 0.15) is 28.9 Å². The molecule has 1 aliphatic heterocycles. The molecule has 0 bridgehead atoms. The minimum Gasteiger partial charge on any atom is -0.348 e. The van der Waals surface area contributed by atoms with E-state index in [0.29, 0.717) is 12.2 Å². The van der Waals surface area contributed by atoms with Crippen LogP contribution in [0.2, 0.25) is 0 Å². The molecule has 3 heterocycles. The molecule has 150 valence electrons. The Morgan fingerprint density at radius 3 is 2.66 bits per heavy atom. The van der Waals surface area contributed by atoms with Crippen LogP contribution in [0.25, 0.3) is 5.69 Å². The van der Waals surface area contributed by atoms with Gasteiger partial charge in [0.25, 0.3) is 5.91 Å². The fraction of sp³-hybridized carbons (Fsp3) is 0.286. The highest BCUT2D eigenvalue weighted by molar-refractivity contribution is 5.92. The molecule has 1 N–H and O–H groups in total. The maximum absolute atomic E-state index is 13.4. The number of nitrogens with one attached hydrogen (secondary N) is 1. The molecule has 2 aromatic heterocycles. The van der Waals surface area contributed by atoms with Crippen LogP contribution in [-0.4, -0.2) is 44.7 Å². The van der Waals surface area contributed by atoms with Crippen LogP contribution in [0.5, 0.6) is 0 Å². The van der Waals surface area contributed by atoms with Crippen LogP contribution in [0, 0.1) is 11.6 Å². The van der Waals surface area contributed by atoms with Crippen molar-refractivity contribution in [3.05, 3.63) is 77.9 Å². The van der Waals surface area contributed by atoms with Crippen LogP contribution in [0.15, 0.2) is 55.0 Å². The van der Waals surface area contributed by atoms with Gasteiger partial charge in [-0.2, -0.15) is 5.10 Å². The van der Waals surface area contributed by atoms with Gasteiger partial charge in [-0.3, -0.25) is 14.7 Å². The van der Waals surface area contributed by atoms with Crippen LogP contribution < -0.4 is 5.32 Å². The molecule has 0 aliphatic carbocycles. The van der Waals surface area contributed by atoms with E-state index < -0.39 is 11.6 Å². The summed E-state index contributed by atoms with van der Waals surface area (Å²) in [5, 5.41) is 7.20. The Morgan fingerprint density at radius 2 is 1.93 bits per heavy atom. The zero-order chi connectivity index (χ0) is 20.2. The van der Waals surface area contributed by atoms with Crippen LogP contribution in [0.4, 0.5) is 8.78 Å². The Hall–Kier alpha value is -3.13. The third-order valence-corrected chi connectivity index (χ3v) is 5.06. The van der Waals surface area contributed by atoms with Gasteiger partial charge in [0.05, 0.1) is 5.69 Å². The first kappa shape index (κ1) is 19.2. The monoisotopic (exact) mass is 397 g/mol. The number of hydrogen-bond acceptors (Lipinski definition) is 4. The molecule has 29 heavy (non-hydrogen) atoms. The average molecular weight is 397 g/mol. The number of aromatic nitrogens is 3. The van der Waals surface area contributed by atoms with Crippen molar-refractivity contribution in [3.63, 3.8) is 0 Å². The Balaban J connectivity index is 1.31. The number of carbonyl (C=O) groups is 1. The lowest BCUT2D eigenvalue weighted by Gasteiger charge is -2.32. The lowest BCUT2D eigenvalue weighted by atomic mass is 10.0. The molecule has 1 aromatic carbocycles. The standard InChI is InChI=1S/C21H21F2N5O/c22-18-3-2-15(12-19(18)23)14-27-10-5-16(6-11-27)26-21(29)20-13-17(4-8-24-20)28-9-1-7-25-28/h1-4,7-9,12-13,16H,5-6,10-11,14H2,(H,26,29). The summed E-state index contributed by atoms with van der Waals surface area (Å²) in [6.07, 6.45) is 6.65. The minimum atomic E-state index is -0.833. The van der Waals surface area contributed by atoms with Crippen molar-refractivity contribution in [3.8, 4) is 5.69 Å². The van der Waals surface area contributed by atoms with Crippen molar-refractivity contribution in [2.75, 3.05) is 13.1 Å². The van der Waals surface area contributed by atoms with E-state index in [9.17, 15) is 13.6 Å². The fourth-order valence-corrected chi connectivity index (χ4v) is 3.50. The summed E-state index contributed by atoms with van der Waals surface area (Å²) in [6, 6.07) is 9.36. The van der Waals surface area contributed by atoms with Crippen molar-refractivity contribution < 1.29 is 13.6 Å². The van der Waals surface area contributed by atoms with Gasteiger partial charge in [-0.25, -0.2) is 13.5 Å². The van der Waals surface area contributed by atoms with Crippen molar-refractivity contribution in [1.29, 1.82) is 0 Å². The number of piperidine rings is 1. The molecule has 1 amide bonds. The highest BCUT2D eigenvalue weighted by Crippen LogP contribution is 2.16. The van der Waals surface area contributed by atoms with E-state index in [1.165, 1.54) is 6.07 Å². The molecule has 1 aliphatic rings. The zero-order valence-electron chi connectivity index (χ0n) is 15.8. The first-order valence-corrected chi connectivity index (χ1v) is 9.52. The number of halogens is 2. The van der Waals surface area contributed by atoms with E-state index >= 15 is 0 Å². The first-order chi connectivity index (χ1) is 14.1. The number of rotatable bonds is 5. The lowest BCUT2D eigenvalue weighted by molar-refractivity contribution is 0.0904. The summed E-state index contributed by atoms with van der Waals surface area (Å²) in [7, 11) is 0. The summed E-state index contributed by atoms with van der Waals surface area (Å²) >= 11 is 0. The first-order valence-electron chi connectivity index (χ1n) is 9.52. The largest absolute Gasteiger partial charge is 0.348 e. The zero-order valence-corrected chi connectivity index (χ0v) is 15.8. The molecule has 0 atom stereocenters. The number of carbonyl (C=O) groups excluding carboxylic acids is 1. The fourth-order valence-electron chi connectivity index (χ4n) is 3.50. The SMILES string of the molecule is O=C(NC1CCN(Cc2ccc(F)c(F)c2)CC1)c1cc(-n2cccn2)ccn1. The lowest BCUT2D eigenvalue weighted by Crippen LogP contribution is -2.44. The number of hydrogen-bond donors (Lipinski definition) is 1. The second kappa shape index (κ2) is 8.48. The van der Waals surface area contributed by atoms with E-state index in [-0.39, 0.29) is 11.9 Å². The highest BCUT2D eigenvalue weighted by atomic mass is 19.2. The minimum absolute atomic E-state index is 0.0545. The average Bonchev–Trinajstić information content (AvgIpc) is 3.27. The van der Waals surface area contributed by atoms with Gasteiger partial charge in [0, 0.05) is 44.3 Å². The van der Waals surface area contributed by atoms with Crippen molar-refractivity contribution in [2.45, 2.75) is 25.4 Å². The number of nitrogens with zero attached hydrogens (tertiary/aromatic N) is 4. The smallest absolute Gasteiger partial charge is 0.270 e. The normalized spacial score (nSPS) is 15.4. The Bertz CT molecular complexity index is 984. The molecule has 4 rings (SSSR count). The molecule has 1 fully saturated rings. The Labute approximate surface area is 167 Å². The quantitative estimate of drug-likeness (QED) is 0.719. The number of amides is 1. The molecule has 3 aromatic rings. The Morgan fingerprint density at radius 1 is 1.10 bits per heavy atom. The maximum atomic E-state index is 13.4. The number of likely N-dealkylation sites (tertiary alicyclic amines) is 1. The molecule has 0 radical (unpaired) electrons. The predicted octanol–water partition coefficient (Wildman–Crippen LogP) is 2.94. The van der Waals surface area contributed by atoms with Crippen LogP contribution >= 0.6 is 0 Å². The summed E-state index contributed by atoms with van der Waals surface area (Å²) in [6.45, 7) is 2.10. The second-order valence-electron chi connectivity index (χ2n) is 7.12. The molecule has 8 heteroatoms. The van der Waals surface area contributed by atoms with Gasteiger partial charge >= 0.3 is 0 Å². The maximum Gasteiger partial charge on any atom is 0.270 e. The van der Waals surface area contributed by atoms with E-state index in [1.54, 1.807) is 41.5 Å². The third-order valence-electron chi connectivity index (χ3n) is 5.06. The summed E-state index contributed by atoms with van der Waals surface area (Å²) < 4.78 is 28.1. The van der Waals surface area contributed by atoms with E-state index in [0.717, 1.165) is 43.2 Å². The van der Waals surface area contributed by atoms with Crippen LogP contribution in [0.3, 0.4) is 0 Å². The van der Waals surface area contributed by atoms with E-state index in [4.69, 9.17) is 0 Å². The van der Waals surface area contributed by atoms with Gasteiger partial charge in [0.2, 0.25) is 0 Å². The Kier molecular flexibility index (Phi) is 5.62. The van der Waals surface area contributed by atoms with Crippen LogP contribution in [-0.2, 0) is 6.54 Å². The molecular weight excluding hydrogens is 376 g/mol. The summed E-state index contributed by atoms with van der Waals surface area (Å²) in [5.41, 5.74) is 1.87. The second-order valence-corrected chi connectivity index (χ2v) is 7.12. The molecular formula is C21H21F2N5O. The van der Waals surface area contributed by atoms with Gasteiger partial charge in [0.1, 0.15) is 5.69 Å². The molecule has 1 saturated heterocycles. The van der Waals surface area contributed by atoms with Gasteiger partial charge in [-0.1, -0.05) is 6.07 Å². The van der Waals surface area contributed by atoms with Crippen molar-refractivity contribution >= 4 is 5.91 Å². The van der Waals surface area contributed by atoms with Gasteiger partial charge in [-0.15, -0.1) is 0 Å². The predicted molar refractivity (Wildman–Crippen MR) is 103 cm³/mol. The molecule has 0 unspecified atom stereocenters. The van der Waals surface area contributed by atoms with Crippen molar-refractivity contribution in [2.24, 2.45) is 0 Å². The van der Waals surface area contributed by atoms with Gasteiger partial charge in [0.15, 0.2) is 11.6 Å². The third kappa shape index (κ3) is 4.65. The number of pyridine rings is 1. The van der Waals surface area contributed by atoms with E-state index in [2.05, 4.69) is 20.3 Å². The molecule has 6 nitrogen and oxygen atoms in total. The van der Waals surface area contributed by atoms with E-state index in [1.807, 2.05) is 6.07 Å². The summed E-state index contributed by atoms with van der Waals surface area (Å²) in [4.78, 5) is 18.9. The number of benzene rings is 1. The molecule has 0 spiro atoms. The van der Waals surface area contributed by atoms with Crippen molar-refractivity contribution in [1.82, 2.24) is 25.0 Å². The van der Waals surface area contributed by atoms with Gasteiger partial charge < -0.3 is 5.32 Å². The summed E-state index contributed by atoms with van der Waals surface area (Å²) in [5.74, 6) is -1.87. The van der Waals surface area contributed by atoms with Gasteiger partial charge in [-0.05, 0) is 48.7 Å². The highest BCUT2D eigenvalue weighted by Gasteiger charge is 2.22.